The van der Waals surface area contributed by atoms with Gasteiger partial charge in [0.2, 0.25) is 0 Å². The fraction of sp³-hybridized carbons (Fsp3) is 0.647. The second kappa shape index (κ2) is 8.66. The first kappa shape index (κ1) is 15.8. The third-order valence-corrected chi connectivity index (χ3v) is 4.62. The zero-order chi connectivity index (χ0) is 14.2. The molecule has 2 rings (SSSR count). The van der Waals surface area contributed by atoms with Crippen LogP contribution in [-0.2, 0) is 11.2 Å². The number of rotatable bonds is 8. The highest BCUT2D eigenvalue weighted by Crippen LogP contribution is 2.33. The van der Waals surface area contributed by atoms with Gasteiger partial charge in [0.1, 0.15) is 0 Å². The smallest absolute Gasteiger partial charge is 0.0587 e. The third-order valence-electron chi connectivity index (χ3n) is 4.37. The third kappa shape index (κ3) is 5.08. The van der Waals surface area contributed by atoms with Gasteiger partial charge in [0.15, 0.2) is 0 Å². The molecule has 112 valence electrons. The molecule has 2 nitrogen and oxygen atoms in total. The van der Waals surface area contributed by atoms with Crippen molar-refractivity contribution < 1.29 is 4.74 Å². The van der Waals surface area contributed by atoms with Crippen LogP contribution < -0.4 is 5.32 Å². The minimum Gasteiger partial charge on any atom is -0.383 e. The van der Waals surface area contributed by atoms with Crippen molar-refractivity contribution >= 4 is 11.6 Å². The Kier molecular flexibility index (Phi) is 6.85. The minimum atomic E-state index is 0.732. The summed E-state index contributed by atoms with van der Waals surface area (Å²) in [7, 11) is 1.75. The van der Waals surface area contributed by atoms with Gasteiger partial charge in [0.05, 0.1) is 6.61 Å². The monoisotopic (exact) mass is 295 g/mol. The van der Waals surface area contributed by atoms with Gasteiger partial charge in [-0.25, -0.2) is 0 Å². The van der Waals surface area contributed by atoms with Crippen LogP contribution in [0.4, 0.5) is 0 Å². The Morgan fingerprint density at radius 1 is 1.25 bits per heavy atom. The van der Waals surface area contributed by atoms with E-state index in [0.29, 0.717) is 0 Å². The van der Waals surface area contributed by atoms with Crippen LogP contribution in [0.25, 0.3) is 0 Å². The van der Waals surface area contributed by atoms with Crippen molar-refractivity contribution in [1.29, 1.82) is 0 Å². The van der Waals surface area contributed by atoms with Crippen molar-refractivity contribution in [3.8, 4) is 0 Å². The normalized spacial score (nSPS) is 17.5. The first-order valence-electron chi connectivity index (χ1n) is 7.73. The van der Waals surface area contributed by atoms with E-state index in [1.165, 1.54) is 31.2 Å². The molecule has 0 aromatic heterocycles. The average molecular weight is 296 g/mol. The molecule has 0 spiro atoms. The minimum absolute atomic E-state index is 0.732. The van der Waals surface area contributed by atoms with Gasteiger partial charge in [-0.05, 0) is 42.5 Å². The number of ether oxygens (including phenoxy) is 1. The highest BCUT2D eigenvalue weighted by Gasteiger charge is 2.24. The van der Waals surface area contributed by atoms with E-state index in [-0.39, 0.29) is 0 Å². The SMILES string of the molecule is COCCNCC(Cc1ccc(Cl)cc1)C1CCCC1. The molecule has 0 amide bonds. The van der Waals surface area contributed by atoms with Crippen LogP contribution in [0.3, 0.4) is 0 Å². The van der Waals surface area contributed by atoms with E-state index in [4.69, 9.17) is 16.3 Å². The van der Waals surface area contributed by atoms with Crippen LogP contribution in [-0.4, -0.2) is 26.8 Å². The van der Waals surface area contributed by atoms with Crippen LogP contribution in [0.15, 0.2) is 24.3 Å². The van der Waals surface area contributed by atoms with Crippen LogP contribution >= 0.6 is 11.6 Å². The lowest BCUT2D eigenvalue weighted by molar-refractivity contribution is 0.195. The lowest BCUT2D eigenvalue weighted by Gasteiger charge is -2.24. The summed E-state index contributed by atoms with van der Waals surface area (Å²) in [6.45, 7) is 2.83. The highest BCUT2D eigenvalue weighted by molar-refractivity contribution is 6.30. The molecule has 1 N–H and O–H groups in total. The summed E-state index contributed by atoms with van der Waals surface area (Å²) in [5.74, 6) is 1.61. The van der Waals surface area contributed by atoms with Crippen molar-refractivity contribution in [3.63, 3.8) is 0 Å². The van der Waals surface area contributed by atoms with Gasteiger partial charge in [0, 0.05) is 18.7 Å². The van der Waals surface area contributed by atoms with E-state index in [9.17, 15) is 0 Å². The molecule has 0 bridgehead atoms. The van der Waals surface area contributed by atoms with Gasteiger partial charge >= 0.3 is 0 Å². The summed E-state index contributed by atoms with van der Waals surface area (Å²) in [4.78, 5) is 0. The molecule has 1 aliphatic rings. The van der Waals surface area contributed by atoms with Crippen molar-refractivity contribution in [1.82, 2.24) is 5.32 Å². The topological polar surface area (TPSA) is 21.3 Å². The van der Waals surface area contributed by atoms with Crippen molar-refractivity contribution in [2.45, 2.75) is 32.1 Å². The molecule has 1 unspecified atom stereocenters. The summed E-state index contributed by atoms with van der Waals surface area (Å²) in [5.41, 5.74) is 1.40. The summed E-state index contributed by atoms with van der Waals surface area (Å²) < 4.78 is 5.10. The molecule has 1 aromatic rings. The average Bonchev–Trinajstić information content (AvgIpc) is 2.98. The molecule has 1 aliphatic carbocycles. The molecule has 3 heteroatoms. The molecular formula is C17H26ClNO. The maximum Gasteiger partial charge on any atom is 0.0587 e. The summed E-state index contributed by atoms with van der Waals surface area (Å²) in [6, 6.07) is 8.33. The van der Waals surface area contributed by atoms with E-state index in [1.807, 2.05) is 12.1 Å². The molecule has 0 aliphatic heterocycles. The fourth-order valence-corrected chi connectivity index (χ4v) is 3.35. The van der Waals surface area contributed by atoms with Gasteiger partial charge in [-0.3, -0.25) is 0 Å². The Morgan fingerprint density at radius 2 is 1.95 bits per heavy atom. The second-order valence-corrected chi connectivity index (χ2v) is 6.27. The maximum absolute atomic E-state index is 5.97. The number of hydrogen-bond donors (Lipinski definition) is 1. The Labute approximate surface area is 127 Å². The lowest BCUT2D eigenvalue weighted by Crippen LogP contribution is -2.31. The number of halogens is 1. The van der Waals surface area contributed by atoms with Crippen LogP contribution in [0.5, 0.6) is 0 Å². The Balaban J connectivity index is 1.89. The van der Waals surface area contributed by atoms with Crippen molar-refractivity contribution in [3.05, 3.63) is 34.9 Å². The largest absolute Gasteiger partial charge is 0.383 e. The van der Waals surface area contributed by atoms with Gasteiger partial charge in [-0.2, -0.15) is 0 Å². The molecule has 0 radical (unpaired) electrons. The molecule has 0 heterocycles. The highest BCUT2D eigenvalue weighted by atomic mass is 35.5. The predicted molar refractivity (Wildman–Crippen MR) is 85.3 cm³/mol. The number of benzene rings is 1. The number of methoxy groups -OCH3 is 1. The second-order valence-electron chi connectivity index (χ2n) is 5.83. The molecule has 20 heavy (non-hydrogen) atoms. The molecular weight excluding hydrogens is 270 g/mol. The zero-order valence-electron chi connectivity index (χ0n) is 12.4. The van der Waals surface area contributed by atoms with E-state index < -0.39 is 0 Å². The predicted octanol–water partition coefficient (Wildman–Crippen LogP) is 3.92. The Hall–Kier alpha value is -0.570. The zero-order valence-corrected chi connectivity index (χ0v) is 13.2. The van der Waals surface area contributed by atoms with E-state index in [2.05, 4.69) is 17.4 Å². The standard InChI is InChI=1S/C17H26ClNO/c1-20-11-10-19-13-16(15-4-2-3-5-15)12-14-6-8-17(18)9-7-14/h6-9,15-16,19H,2-5,10-13H2,1H3. The summed E-state index contributed by atoms with van der Waals surface area (Å²) >= 11 is 5.97. The van der Waals surface area contributed by atoms with Crippen LogP contribution in [0, 0.1) is 11.8 Å². The quantitative estimate of drug-likeness (QED) is 0.734. The first-order valence-corrected chi connectivity index (χ1v) is 8.11. The molecule has 1 aromatic carbocycles. The molecule has 1 saturated carbocycles. The van der Waals surface area contributed by atoms with Crippen LogP contribution in [0.2, 0.25) is 5.02 Å². The van der Waals surface area contributed by atoms with E-state index >= 15 is 0 Å². The molecule has 0 saturated heterocycles. The van der Waals surface area contributed by atoms with Crippen molar-refractivity contribution in [2.75, 3.05) is 26.8 Å². The molecule has 1 atom stereocenters. The van der Waals surface area contributed by atoms with Gasteiger partial charge < -0.3 is 10.1 Å². The van der Waals surface area contributed by atoms with Gasteiger partial charge in [-0.1, -0.05) is 49.4 Å². The maximum atomic E-state index is 5.97. The fourth-order valence-electron chi connectivity index (χ4n) is 3.22. The Bertz CT molecular complexity index is 373. The summed E-state index contributed by atoms with van der Waals surface area (Å²) in [5, 5.41) is 4.37. The van der Waals surface area contributed by atoms with Gasteiger partial charge in [-0.15, -0.1) is 0 Å². The van der Waals surface area contributed by atoms with Crippen molar-refractivity contribution in [2.24, 2.45) is 11.8 Å². The van der Waals surface area contributed by atoms with E-state index in [1.54, 1.807) is 7.11 Å². The number of nitrogens with one attached hydrogen (secondary N) is 1. The number of hydrogen-bond acceptors (Lipinski definition) is 2. The van der Waals surface area contributed by atoms with Crippen LogP contribution in [0.1, 0.15) is 31.2 Å². The van der Waals surface area contributed by atoms with E-state index in [0.717, 1.165) is 43.0 Å². The lowest BCUT2D eigenvalue weighted by atomic mass is 9.85. The molecule has 1 fully saturated rings. The Morgan fingerprint density at radius 3 is 2.60 bits per heavy atom. The first-order chi connectivity index (χ1) is 9.79. The summed E-state index contributed by atoms with van der Waals surface area (Å²) in [6.07, 6.45) is 6.75. The van der Waals surface area contributed by atoms with Gasteiger partial charge in [0.25, 0.3) is 0 Å².